The summed E-state index contributed by atoms with van der Waals surface area (Å²) in [7, 11) is 0.914. The lowest BCUT2D eigenvalue weighted by molar-refractivity contribution is -0.271. The lowest BCUT2D eigenvalue weighted by Crippen LogP contribution is -2.60. The van der Waals surface area contributed by atoms with E-state index >= 15 is 0 Å². The van der Waals surface area contributed by atoms with Crippen LogP contribution in [0.1, 0.15) is 42.7 Å². The smallest absolute Gasteiger partial charge is 0.430 e. The maximum atomic E-state index is 14.5. The number of para-hydroxylation sites is 1. The van der Waals surface area contributed by atoms with Crippen molar-refractivity contribution in [1.82, 2.24) is 10.2 Å². The van der Waals surface area contributed by atoms with E-state index in [1.807, 2.05) is 24.3 Å². The fourth-order valence-corrected chi connectivity index (χ4v) is 6.34. The van der Waals surface area contributed by atoms with Crippen LogP contribution in [0.4, 0.5) is 13.2 Å². The third-order valence-corrected chi connectivity index (χ3v) is 8.46. The summed E-state index contributed by atoms with van der Waals surface area (Å²) < 4.78 is 60.3. The minimum atomic E-state index is -4.97. The van der Waals surface area contributed by atoms with Crippen LogP contribution in [0.2, 0.25) is 0 Å². The number of halogens is 3. The Labute approximate surface area is 225 Å². The van der Waals surface area contributed by atoms with Crippen LogP contribution in [-0.4, -0.2) is 69.0 Å². The quantitative estimate of drug-likeness (QED) is 0.589. The highest BCUT2D eigenvalue weighted by Crippen LogP contribution is 2.52. The van der Waals surface area contributed by atoms with Gasteiger partial charge in [-0.1, -0.05) is 48.5 Å². The first kappa shape index (κ1) is 27.5. The Kier molecular flexibility index (Phi) is 7.61. The van der Waals surface area contributed by atoms with Crippen molar-refractivity contribution in [2.24, 2.45) is 5.41 Å². The second-order valence-electron chi connectivity index (χ2n) is 10.6. The van der Waals surface area contributed by atoms with E-state index in [-0.39, 0.29) is 43.0 Å². The summed E-state index contributed by atoms with van der Waals surface area (Å²) in [4.78, 5) is 27.4. The van der Waals surface area contributed by atoms with Gasteiger partial charge in [0.15, 0.2) is 0 Å². The van der Waals surface area contributed by atoms with Gasteiger partial charge in [0, 0.05) is 51.1 Å². The molecule has 3 saturated heterocycles. The van der Waals surface area contributed by atoms with Crippen molar-refractivity contribution >= 4 is 11.8 Å². The van der Waals surface area contributed by atoms with E-state index in [1.165, 1.54) is 29.2 Å². The summed E-state index contributed by atoms with van der Waals surface area (Å²) >= 11 is 0. The van der Waals surface area contributed by atoms with Crippen molar-refractivity contribution in [3.8, 4) is 5.75 Å². The standard InChI is InChI=1S/C29H33F3N2O5/c1-37-28(29(30,31)32,20-7-3-2-4-8-20)26(36)34-14-12-27(13-15-34)17-25(35)33-18-23(27)22-9-5-6-10-24(22)39-21-11-16-38-19-21/h2-10,21,23H,11-19H2,1H3,(H,33,35)/t21-,23+,28+/m0/s1. The van der Waals surface area contributed by atoms with Crippen LogP contribution in [0, 0.1) is 5.41 Å². The monoisotopic (exact) mass is 546 g/mol. The number of carbonyl (C=O) groups is 2. The predicted octanol–water partition coefficient (Wildman–Crippen LogP) is 4.17. The van der Waals surface area contributed by atoms with Crippen molar-refractivity contribution < 1.29 is 37.0 Å². The zero-order valence-corrected chi connectivity index (χ0v) is 21.8. The number of benzene rings is 2. The van der Waals surface area contributed by atoms with Gasteiger partial charge in [-0.25, -0.2) is 0 Å². The van der Waals surface area contributed by atoms with Gasteiger partial charge in [0.05, 0.1) is 13.2 Å². The SMILES string of the molecule is CO[C@@](C(=O)N1CCC2(CC1)CC(=O)NC[C@@H]2c1ccccc1O[C@H]1CCOC1)(c1ccccc1)C(F)(F)F. The van der Waals surface area contributed by atoms with Crippen molar-refractivity contribution in [1.29, 1.82) is 0 Å². The number of amides is 2. The molecule has 3 atom stereocenters. The van der Waals surface area contributed by atoms with E-state index in [0.29, 0.717) is 32.6 Å². The number of piperidine rings is 2. The van der Waals surface area contributed by atoms with E-state index in [1.54, 1.807) is 6.07 Å². The zero-order chi connectivity index (χ0) is 27.7. The van der Waals surface area contributed by atoms with Crippen LogP contribution in [0.5, 0.6) is 5.75 Å². The van der Waals surface area contributed by atoms with Crippen molar-refractivity contribution in [2.75, 3.05) is 40.0 Å². The maximum Gasteiger partial charge on any atom is 0.430 e. The van der Waals surface area contributed by atoms with E-state index in [2.05, 4.69) is 5.32 Å². The van der Waals surface area contributed by atoms with Gasteiger partial charge in [0.2, 0.25) is 5.91 Å². The molecule has 210 valence electrons. The molecular formula is C29H33F3N2O5. The number of rotatable bonds is 6. The number of nitrogens with zero attached hydrogens (tertiary/aromatic N) is 1. The zero-order valence-electron chi connectivity index (χ0n) is 21.8. The number of ether oxygens (including phenoxy) is 3. The first-order chi connectivity index (χ1) is 18.7. The molecule has 2 amide bonds. The molecule has 0 unspecified atom stereocenters. The molecule has 3 aliphatic heterocycles. The molecule has 0 bridgehead atoms. The van der Waals surface area contributed by atoms with Gasteiger partial charge in [-0.15, -0.1) is 0 Å². The van der Waals surface area contributed by atoms with E-state index in [0.717, 1.165) is 24.8 Å². The Hall–Kier alpha value is -3.11. The molecule has 0 radical (unpaired) electrons. The molecule has 0 saturated carbocycles. The summed E-state index contributed by atoms with van der Waals surface area (Å²) in [5, 5.41) is 2.96. The second-order valence-corrected chi connectivity index (χ2v) is 10.6. The summed E-state index contributed by atoms with van der Waals surface area (Å²) in [5.41, 5.74) is -2.94. The summed E-state index contributed by atoms with van der Waals surface area (Å²) in [6.45, 7) is 1.71. The molecule has 3 fully saturated rings. The lowest BCUT2D eigenvalue weighted by atomic mass is 9.62. The molecule has 2 aromatic carbocycles. The Morgan fingerprint density at radius 3 is 2.41 bits per heavy atom. The molecule has 0 aliphatic carbocycles. The van der Waals surface area contributed by atoms with Crippen LogP contribution in [0.25, 0.3) is 0 Å². The first-order valence-corrected chi connectivity index (χ1v) is 13.3. The minimum Gasteiger partial charge on any atom is -0.488 e. The Morgan fingerprint density at radius 1 is 1.08 bits per heavy atom. The average molecular weight is 547 g/mol. The van der Waals surface area contributed by atoms with Gasteiger partial charge in [-0.3, -0.25) is 9.59 Å². The molecule has 1 spiro atoms. The highest BCUT2D eigenvalue weighted by atomic mass is 19.4. The topological polar surface area (TPSA) is 77.1 Å². The largest absolute Gasteiger partial charge is 0.488 e. The highest BCUT2D eigenvalue weighted by Gasteiger charge is 2.64. The van der Waals surface area contributed by atoms with Crippen LogP contribution in [0.15, 0.2) is 54.6 Å². The van der Waals surface area contributed by atoms with Crippen molar-refractivity contribution in [3.63, 3.8) is 0 Å². The number of hydrogen-bond acceptors (Lipinski definition) is 5. The number of methoxy groups -OCH3 is 1. The maximum absolute atomic E-state index is 14.5. The Morgan fingerprint density at radius 2 is 1.77 bits per heavy atom. The summed E-state index contributed by atoms with van der Waals surface area (Å²) in [6.07, 6.45) is -3.24. The summed E-state index contributed by atoms with van der Waals surface area (Å²) in [6, 6.07) is 14.7. The van der Waals surface area contributed by atoms with Gasteiger partial charge >= 0.3 is 6.18 Å². The highest BCUT2D eigenvalue weighted by molar-refractivity contribution is 5.88. The van der Waals surface area contributed by atoms with E-state index < -0.39 is 23.1 Å². The van der Waals surface area contributed by atoms with Gasteiger partial charge in [-0.05, 0) is 29.9 Å². The molecule has 7 nitrogen and oxygen atoms in total. The third kappa shape index (κ3) is 5.00. The van der Waals surface area contributed by atoms with Crippen LogP contribution in [0.3, 0.4) is 0 Å². The molecule has 1 N–H and O–H groups in total. The molecule has 0 aromatic heterocycles. The van der Waals surface area contributed by atoms with Crippen LogP contribution in [-0.2, 0) is 24.7 Å². The molecule has 5 rings (SSSR count). The predicted molar refractivity (Wildman–Crippen MR) is 136 cm³/mol. The molecule has 2 aromatic rings. The Balaban J connectivity index is 1.41. The van der Waals surface area contributed by atoms with Crippen molar-refractivity contribution in [3.05, 3.63) is 65.7 Å². The molecule has 3 heterocycles. The molecule has 10 heteroatoms. The molecule has 3 aliphatic rings. The average Bonchev–Trinajstić information content (AvgIpc) is 3.43. The number of likely N-dealkylation sites (tertiary alicyclic amines) is 1. The fourth-order valence-electron chi connectivity index (χ4n) is 6.34. The van der Waals surface area contributed by atoms with Gasteiger partial charge in [0.25, 0.3) is 11.5 Å². The second kappa shape index (κ2) is 10.8. The van der Waals surface area contributed by atoms with Gasteiger partial charge in [0.1, 0.15) is 11.9 Å². The van der Waals surface area contributed by atoms with E-state index in [4.69, 9.17) is 14.2 Å². The van der Waals surface area contributed by atoms with Gasteiger partial charge < -0.3 is 24.4 Å². The Bertz CT molecular complexity index is 1180. The minimum absolute atomic E-state index is 0.0535. The van der Waals surface area contributed by atoms with E-state index in [9.17, 15) is 22.8 Å². The number of alkyl halides is 3. The van der Waals surface area contributed by atoms with Crippen LogP contribution >= 0.6 is 0 Å². The van der Waals surface area contributed by atoms with Gasteiger partial charge in [-0.2, -0.15) is 13.2 Å². The summed E-state index contributed by atoms with van der Waals surface area (Å²) in [5.74, 6) is -0.624. The number of hydrogen-bond donors (Lipinski definition) is 1. The fraction of sp³-hybridized carbons (Fsp3) is 0.517. The van der Waals surface area contributed by atoms with Crippen LogP contribution < -0.4 is 10.1 Å². The normalized spacial score (nSPS) is 24.7. The molecular weight excluding hydrogens is 513 g/mol. The number of nitrogens with one attached hydrogen (secondary N) is 1. The third-order valence-electron chi connectivity index (χ3n) is 8.46. The lowest BCUT2D eigenvalue weighted by Gasteiger charge is -2.50. The number of carbonyl (C=O) groups excluding carboxylic acids is 2. The van der Waals surface area contributed by atoms with Crippen molar-refractivity contribution in [2.45, 2.75) is 49.5 Å². The molecule has 39 heavy (non-hydrogen) atoms. The first-order valence-electron chi connectivity index (χ1n) is 13.3.